The Morgan fingerprint density at radius 2 is 2.00 bits per heavy atom. The van der Waals surface area contributed by atoms with Crippen LogP contribution in [0.1, 0.15) is 56.1 Å². The molecule has 1 aromatic rings. The number of aromatic hydroxyl groups is 1. The number of benzene rings is 1. The molecule has 21 heavy (non-hydrogen) atoms. The van der Waals surface area contributed by atoms with Gasteiger partial charge < -0.3 is 9.84 Å². The van der Waals surface area contributed by atoms with Crippen molar-refractivity contribution in [3.63, 3.8) is 0 Å². The Morgan fingerprint density at radius 1 is 1.33 bits per heavy atom. The van der Waals surface area contributed by atoms with E-state index in [-0.39, 0.29) is 11.5 Å². The maximum Gasteiger partial charge on any atom is 0.163 e. The summed E-state index contributed by atoms with van der Waals surface area (Å²) in [6, 6.07) is 1.74. The molecule has 3 heteroatoms. The number of phenols is 1. The third kappa shape index (κ3) is 3.18. The van der Waals surface area contributed by atoms with Gasteiger partial charge >= 0.3 is 0 Å². The zero-order valence-corrected chi connectivity index (χ0v) is 13.3. The Bertz CT molecular complexity index is 645. The van der Waals surface area contributed by atoms with E-state index in [0.29, 0.717) is 23.3 Å². The Labute approximate surface area is 125 Å². The van der Waals surface area contributed by atoms with Crippen molar-refractivity contribution in [3.05, 3.63) is 40.5 Å². The summed E-state index contributed by atoms with van der Waals surface area (Å²) >= 11 is 0. The van der Waals surface area contributed by atoms with Gasteiger partial charge in [0, 0.05) is 0 Å². The van der Waals surface area contributed by atoms with Crippen molar-refractivity contribution in [2.45, 2.75) is 46.6 Å². The monoisotopic (exact) mass is 286 g/mol. The summed E-state index contributed by atoms with van der Waals surface area (Å²) < 4.78 is 6.01. The van der Waals surface area contributed by atoms with E-state index in [2.05, 4.69) is 6.08 Å². The van der Waals surface area contributed by atoms with E-state index in [9.17, 15) is 9.90 Å². The average Bonchev–Trinajstić information content (AvgIpc) is 2.36. The lowest BCUT2D eigenvalue weighted by Gasteiger charge is -2.30. The van der Waals surface area contributed by atoms with Gasteiger partial charge in [-0.25, -0.2) is 0 Å². The highest BCUT2D eigenvalue weighted by atomic mass is 16.5. The lowest BCUT2D eigenvalue weighted by atomic mass is 9.93. The smallest absolute Gasteiger partial charge is 0.163 e. The first-order valence-corrected chi connectivity index (χ1v) is 7.12. The van der Waals surface area contributed by atoms with Crippen LogP contribution in [0.25, 0.3) is 6.08 Å². The number of ether oxygens (including phenoxy) is 1. The van der Waals surface area contributed by atoms with E-state index in [1.807, 2.05) is 39.8 Å². The molecule has 2 rings (SSSR count). The Kier molecular flexibility index (Phi) is 3.95. The summed E-state index contributed by atoms with van der Waals surface area (Å²) in [5, 5.41) is 10.3. The zero-order valence-electron chi connectivity index (χ0n) is 13.3. The molecule has 0 aromatic heterocycles. The quantitative estimate of drug-likeness (QED) is 0.666. The molecule has 0 aliphatic carbocycles. The van der Waals surface area contributed by atoms with Crippen LogP contribution in [-0.4, -0.2) is 16.5 Å². The second kappa shape index (κ2) is 5.40. The predicted octanol–water partition coefficient (Wildman–Crippen LogP) is 4.29. The van der Waals surface area contributed by atoms with Crippen molar-refractivity contribution in [2.75, 3.05) is 0 Å². The number of hydrogen-bond acceptors (Lipinski definition) is 3. The molecule has 0 atom stereocenters. The molecule has 0 spiro atoms. The molecule has 0 bridgehead atoms. The zero-order chi connectivity index (χ0) is 15.8. The Hall–Kier alpha value is -2.03. The van der Waals surface area contributed by atoms with Gasteiger partial charge in [0.25, 0.3) is 0 Å². The summed E-state index contributed by atoms with van der Waals surface area (Å²) in [4.78, 5) is 11.7. The number of rotatable bonds is 3. The van der Waals surface area contributed by atoms with Gasteiger partial charge in [-0.2, -0.15) is 0 Å². The molecule has 1 aliphatic heterocycles. The number of phenolic OH excluding ortho intramolecular Hbond substituents is 1. The van der Waals surface area contributed by atoms with Crippen LogP contribution in [0.3, 0.4) is 0 Å². The highest BCUT2D eigenvalue weighted by Gasteiger charge is 2.27. The lowest BCUT2D eigenvalue weighted by molar-refractivity contribution is 0.101. The second-order valence-corrected chi connectivity index (χ2v) is 6.26. The molecule has 1 aromatic carbocycles. The SMILES string of the molecule is CC(=O)c1cc(CC=C(C)C)c2c(c1O)C=CC(C)(C)O2. The van der Waals surface area contributed by atoms with Crippen molar-refractivity contribution in [1.82, 2.24) is 0 Å². The number of fused-ring (bicyclic) bond motifs is 1. The van der Waals surface area contributed by atoms with Crippen molar-refractivity contribution in [2.24, 2.45) is 0 Å². The van der Waals surface area contributed by atoms with Crippen LogP contribution in [0.5, 0.6) is 11.5 Å². The van der Waals surface area contributed by atoms with E-state index in [0.717, 1.165) is 5.56 Å². The summed E-state index contributed by atoms with van der Waals surface area (Å²) in [6.07, 6.45) is 6.50. The minimum Gasteiger partial charge on any atom is -0.506 e. The van der Waals surface area contributed by atoms with Gasteiger partial charge in [-0.05, 0) is 64.8 Å². The van der Waals surface area contributed by atoms with E-state index in [4.69, 9.17) is 4.74 Å². The first kappa shape index (κ1) is 15.4. The highest BCUT2D eigenvalue weighted by molar-refractivity contribution is 5.99. The maximum absolute atomic E-state index is 11.7. The molecular weight excluding hydrogens is 264 g/mol. The summed E-state index contributed by atoms with van der Waals surface area (Å²) in [5.41, 5.74) is 2.65. The van der Waals surface area contributed by atoms with Crippen LogP contribution >= 0.6 is 0 Å². The van der Waals surface area contributed by atoms with Gasteiger partial charge in [-0.3, -0.25) is 4.79 Å². The van der Waals surface area contributed by atoms with Crippen LogP contribution in [-0.2, 0) is 6.42 Å². The molecule has 0 unspecified atom stereocenters. The minimum absolute atomic E-state index is 0.00481. The first-order valence-electron chi connectivity index (χ1n) is 7.12. The fraction of sp³-hybridized carbons (Fsp3) is 0.389. The molecule has 1 aliphatic rings. The molecule has 0 saturated heterocycles. The van der Waals surface area contributed by atoms with Gasteiger partial charge in [0.05, 0.1) is 11.1 Å². The van der Waals surface area contributed by atoms with Gasteiger partial charge in [0.2, 0.25) is 0 Å². The number of carbonyl (C=O) groups is 1. The summed E-state index contributed by atoms with van der Waals surface area (Å²) in [6.45, 7) is 9.45. The van der Waals surface area contributed by atoms with Gasteiger partial charge in [-0.1, -0.05) is 11.6 Å². The van der Waals surface area contributed by atoms with E-state index < -0.39 is 5.60 Å². The predicted molar refractivity (Wildman–Crippen MR) is 85.0 cm³/mol. The van der Waals surface area contributed by atoms with E-state index >= 15 is 0 Å². The lowest BCUT2D eigenvalue weighted by Crippen LogP contribution is -2.28. The van der Waals surface area contributed by atoms with Gasteiger partial charge in [0.1, 0.15) is 17.1 Å². The molecule has 1 N–H and O–H groups in total. The van der Waals surface area contributed by atoms with E-state index in [1.54, 1.807) is 6.07 Å². The molecule has 0 fully saturated rings. The molecule has 0 radical (unpaired) electrons. The summed E-state index contributed by atoms with van der Waals surface area (Å²) in [5.74, 6) is 0.527. The standard InChI is InChI=1S/C18H22O3/c1-11(2)6-7-13-10-15(12(3)19)16(20)14-8-9-18(4,5)21-17(13)14/h6,8-10,20H,7H2,1-5H3. The molecule has 3 nitrogen and oxygen atoms in total. The third-order valence-corrected chi connectivity index (χ3v) is 3.49. The Balaban J connectivity index is 2.64. The van der Waals surface area contributed by atoms with Crippen LogP contribution in [0.4, 0.5) is 0 Å². The van der Waals surface area contributed by atoms with Crippen molar-refractivity contribution in [3.8, 4) is 11.5 Å². The van der Waals surface area contributed by atoms with Crippen LogP contribution < -0.4 is 4.74 Å². The normalized spacial score (nSPS) is 15.1. The number of carbonyl (C=O) groups excluding carboxylic acids is 1. The Morgan fingerprint density at radius 3 is 2.57 bits per heavy atom. The second-order valence-electron chi connectivity index (χ2n) is 6.26. The average molecular weight is 286 g/mol. The largest absolute Gasteiger partial charge is 0.506 e. The van der Waals surface area contributed by atoms with Gasteiger partial charge in [-0.15, -0.1) is 0 Å². The van der Waals surface area contributed by atoms with Crippen LogP contribution in [0, 0.1) is 0 Å². The fourth-order valence-electron chi connectivity index (χ4n) is 2.32. The number of allylic oxidation sites excluding steroid dienone is 2. The van der Waals surface area contributed by atoms with Crippen LogP contribution in [0.15, 0.2) is 23.8 Å². The molecule has 0 saturated carbocycles. The van der Waals surface area contributed by atoms with E-state index in [1.165, 1.54) is 12.5 Å². The number of Topliss-reactive ketones (excluding diaryl/α,β-unsaturated/α-hetero) is 1. The number of ketones is 1. The van der Waals surface area contributed by atoms with Crippen molar-refractivity contribution in [1.29, 1.82) is 0 Å². The van der Waals surface area contributed by atoms with Crippen molar-refractivity contribution < 1.29 is 14.6 Å². The number of hydrogen-bond donors (Lipinski definition) is 1. The first-order chi connectivity index (χ1) is 9.71. The maximum atomic E-state index is 11.7. The molecular formula is C18H22O3. The highest BCUT2D eigenvalue weighted by Crippen LogP contribution is 2.41. The van der Waals surface area contributed by atoms with Crippen LogP contribution in [0.2, 0.25) is 0 Å². The fourth-order valence-corrected chi connectivity index (χ4v) is 2.32. The molecule has 112 valence electrons. The van der Waals surface area contributed by atoms with Crippen molar-refractivity contribution >= 4 is 11.9 Å². The summed E-state index contributed by atoms with van der Waals surface area (Å²) in [7, 11) is 0. The third-order valence-electron chi connectivity index (χ3n) is 3.49. The molecule has 0 amide bonds. The minimum atomic E-state index is -0.420. The molecule has 1 heterocycles. The topological polar surface area (TPSA) is 46.5 Å². The van der Waals surface area contributed by atoms with Gasteiger partial charge in [0.15, 0.2) is 5.78 Å².